The molecule has 2 heterocycles. The van der Waals surface area contributed by atoms with Crippen molar-refractivity contribution in [1.82, 2.24) is 15.1 Å². The normalized spacial score (nSPS) is 23.2. The van der Waals surface area contributed by atoms with Gasteiger partial charge in [0.1, 0.15) is 5.54 Å². The second-order valence-corrected chi connectivity index (χ2v) is 14.0. The summed E-state index contributed by atoms with van der Waals surface area (Å²) in [6.07, 6.45) is 7.03. The molecule has 1 N–H and O–H groups in total. The van der Waals surface area contributed by atoms with Crippen molar-refractivity contribution in [3.63, 3.8) is 0 Å². The molecule has 1 aliphatic heterocycles. The Kier molecular flexibility index (Phi) is 7.09. The van der Waals surface area contributed by atoms with Gasteiger partial charge in [-0.1, -0.05) is 36.6 Å². The third kappa shape index (κ3) is 5.48. The van der Waals surface area contributed by atoms with Crippen molar-refractivity contribution in [3.05, 3.63) is 65.4 Å². The molecule has 3 aromatic rings. The molecule has 0 bridgehead atoms. The summed E-state index contributed by atoms with van der Waals surface area (Å²) in [5.41, 5.74) is 4.01. The van der Waals surface area contributed by atoms with Crippen molar-refractivity contribution >= 4 is 33.0 Å². The SMILES string of the molecule is N#CC1(NC(=O)C2CCCCC2c2nn(-c3ccc(Cl)cc3)cc2-c2ccc(N3CCS(=O)(=O)CC3)cc2)CC1. The number of hydrogen-bond acceptors (Lipinski definition) is 6. The van der Waals surface area contributed by atoms with Crippen molar-refractivity contribution in [3.8, 4) is 22.9 Å². The van der Waals surface area contributed by atoms with E-state index in [1.165, 1.54) is 0 Å². The van der Waals surface area contributed by atoms with Crippen molar-refractivity contribution in [2.45, 2.75) is 50.0 Å². The molecule has 6 rings (SSSR count). The molecule has 2 atom stereocenters. The fourth-order valence-electron chi connectivity index (χ4n) is 5.92. The maximum Gasteiger partial charge on any atom is 0.225 e. The minimum atomic E-state index is -2.95. The molecule has 0 radical (unpaired) electrons. The third-order valence-corrected chi connectivity index (χ3v) is 10.4. The van der Waals surface area contributed by atoms with E-state index in [9.17, 15) is 18.5 Å². The summed E-state index contributed by atoms with van der Waals surface area (Å²) in [5.74, 6) is -0.0259. The monoisotopic (exact) mass is 577 g/mol. The Morgan fingerprint density at radius 3 is 2.30 bits per heavy atom. The summed E-state index contributed by atoms with van der Waals surface area (Å²) in [7, 11) is -2.95. The number of sulfone groups is 1. The highest BCUT2D eigenvalue weighted by atomic mass is 35.5. The van der Waals surface area contributed by atoms with Crippen LogP contribution in [0.2, 0.25) is 5.02 Å². The Bertz CT molecular complexity index is 1540. The molecule has 0 spiro atoms. The number of nitriles is 1. The number of hydrogen-bond donors (Lipinski definition) is 1. The highest BCUT2D eigenvalue weighted by Crippen LogP contribution is 2.43. The van der Waals surface area contributed by atoms with E-state index in [4.69, 9.17) is 16.7 Å². The lowest BCUT2D eigenvalue weighted by molar-refractivity contribution is -0.127. The van der Waals surface area contributed by atoms with Gasteiger partial charge in [-0.25, -0.2) is 13.1 Å². The van der Waals surface area contributed by atoms with Crippen LogP contribution in [-0.4, -0.2) is 54.2 Å². The molecule has 2 aromatic carbocycles. The van der Waals surface area contributed by atoms with E-state index in [-0.39, 0.29) is 29.2 Å². The van der Waals surface area contributed by atoms with E-state index in [1.807, 2.05) is 47.3 Å². The van der Waals surface area contributed by atoms with Crippen molar-refractivity contribution in [2.24, 2.45) is 5.92 Å². The summed E-state index contributed by atoms with van der Waals surface area (Å²) in [6, 6.07) is 18.0. The number of carbonyl (C=O) groups is 1. The van der Waals surface area contributed by atoms with Crippen molar-refractivity contribution in [2.75, 3.05) is 29.5 Å². The predicted molar refractivity (Wildman–Crippen MR) is 155 cm³/mol. The topological polar surface area (TPSA) is 108 Å². The van der Waals surface area contributed by atoms with Gasteiger partial charge in [0, 0.05) is 47.4 Å². The number of aromatic nitrogens is 2. The fourth-order valence-corrected chi connectivity index (χ4v) is 7.25. The molecule has 2 aliphatic carbocycles. The molecule has 1 amide bonds. The quantitative estimate of drug-likeness (QED) is 0.448. The zero-order valence-electron chi connectivity index (χ0n) is 22.2. The number of nitrogens with zero attached hydrogens (tertiary/aromatic N) is 4. The summed E-state index contributed by atoms with van der Waals surface area (Å²) in [6.45, 7) is 0.981. The standard InChI is InChI=1S/C30H32ClN5O3S/c31-22-7-11-24(12-8-22)36-19-27(21-5-9-23(10-6-21)35-15-17-40(38,39)18-16-35)28(34-36)25-3-1-2-4-26(25)29(37)33-30(20-32)13-14-30/h5-12,19,25-26H,1-4,13-18H2,(H,33,37). The molecule has 40 heavy (non-hydrogen) atoms. The summed E-state index contributed by atoms with van der Waals surface area (Å²) in [5, 5.41) is 18.3. The molecule has 208 valence electrons. The van der Waals surface area contributed by atoms with Crippen LogP contribution in [0, 0.1) is 17.2 Å². The molecule has 3 fully saturated rings. The smallest absolute Gasteiger partial charge is 0.225 e. The lowest BCUT2D eigenvalue weighted by Gasteiger charge is -2.31. The van der Waals surface area contributed by atoms with Gasteiger partial charge in [0.2, 0.25) is 5.91 Å². The van der Waals surface area contributed by atoms with E-state index >= 15 is 0 Å². The number of amides is 1. The van der Waals surface area contributed by atoms with Crippen LogP contribution in [0.3, 0.4) is 0 Å². The van der Waals surface area contributed by atoms with Gasteiger partial charge in [-0.3, -0.25) is 4.79 Å². The molecule has 3 aliphatic rings. The van der Waals surface area contributed by atoms with E-state index in [2.05, 4.69) is 28.4 Å². The first-order chi connectivity index (χ1) is 19.3. The van der Waals surface area contributed by atoms with E-state index in [0.717, 1.165) is 53.9 Å². The van der Waals surface area contributed by atoms with Crippen LogP contribution in [-0.2, 0) is 14.6 Å². The zero-order valence-corrected chi connectivity index (χ0v) is 23.8. The fraction of sp³-hybridized carbons (Fsp3) is 0.433. The number of halogens is 1. The largest absolute Gasteiger partial charge is 0.369 e. The lowest BCUT2D eigenvalue weighted by atomic mass is 9.75. The maximum atomic E-state index is 13.5. The number of carbonyl (C=O) groups excluding carboxylic acids is 1. The Hall–Kier alpha value is -3.35. The summed E-state index contributed by atoms with van der Waals surface area (Å²) < 4.78 is 25.6. The van der Waals surface area contributed by atoms with Crippen molar-refractivity contribution < 1.29 is 13.2 Å². The molecular formula is C30H32ClN5O3S. The first-order valence-electron chi connectivity index (χ1n) is 13.9. The minimum absolute atomic E-state index is 0.0499. The van der Waals surface area contributed by atoms with Crippen LogP contribution in [0.5, 0.6) is 0 Å². The van der Waals surface area contributed by atoms with Crippen LogP contribution in [0.4, 0.5) is 5.69 Å². The average Bonchev–Trinajstić information content (AvgIpc) is 3.60. The molecule has 8 nitrogen and oxygen atoms in total. The van der Waals surface area contributed by atoms with Crippen LogP contribution < -0.4 is 10.2 Å². The Labute approximate surface area is 239 Å². The first kappa shape index (κ1) is 26.9. The van der Waals surface area contributed by atoms with Gasteiger partial charge in [0.05, 0.1) is 29.0 Å². The summed E-state index contributed by atoms with van der Waals surface area (Å²) in [4.78, 5) is 15.6. The molecule has 2 saturated carbocycles. The van der Waals surface area contributed by atoms with Crippen molar-refractivity contribution in [1.29, 1.82) is 5.26 Å². The van der Waals surface area contributed by atoms with E-state index < -0.39 is 15.4 Å². The van der Waals surface area contributed by atoms with Gasteiger partial charge >= 0.3 is 0 Å². The minimum Gasteiger partial charge on any atom is -0.369 e. The van der Waals surface area contributed by atoms with Gasteiger partial charge in [-0.05, 0) is 67.6 Å². The van der Waals surface area contributed by atoms with Crippen LogP contribution in [0.25, 0.3) is 16.8 Å². The van der Waals surface area contributed by atoms with Gasteiger partial charge in [-0.2, -0.15) is 10.4 Å². The molecule has 10 heteroatoms. The van der Waals surface area contributed by atoms with E-state index in [0.29, 0.717) is 31.0 Å². The van der Waals surface area contributed by atoms with Crippen LogP contribution in [0.1, 0.15) is 50.1 Å². The van der Waals surface area contributed by atoms with Crippen LogP contribution in [0.15, 0.2) is 54.7 Å². The Balaban J connectivity index is 1.35. The predicted octanol–water partition coefficient (Wildman–Crippen LogP) is 4.87. The summed E-state index contributed by atoms with van der Waals surface area (Å²) >= 11 is 6.14. The number of nitrogens with one attached hydrogen (secondary N) is 1. The maximum absolute atomic E-state index is 13.5. The second kappa shape index (κ2) is 10.6. The molecule has 1 saturated heterocycles. The number of benzene rings is 2. The lowest BCUT2D eigenvalue weighted by Crippen LogP contribution is -2.42. The second-order valence-electron chi connectivity index (χ2n) is 11.2. The molecule has 2 unspecified atom stereocenters. The van der Waals surface area contributed by atoms with Gasteiger partial charge in [0.25, 0.3) is 0 Å². The van der Waals surface area contributed by atoms with Crippen LogP contribution >= 0.6 is 11.6 Å². The Morgan fingerprint density at radius 1 is 1.00 bits per heavy atom. The number of anilines is 1. The van der Waals surface area contributed by atoms with Gasteiger partial charge in [-0.15, -0.1) is 0 Å². The van der Waals surface area contributed by atoms with Gasteiger partial charge < -0.3 is 10.2 Å². The van der Waals surface area contributed by atoms with Gasteiger partial charge in [0.15, 0.2) is 9.84 Å². The number of rotatable bonds is 6. The van der Waals surface area contributed by atoms with E-state index in [1.54, 1.807) is 0 Å². The molecular weight excluding hydrogens is 546 g/mol. The zero-order chi connectivity index (χ0) is 27.9. The highest BCUT2D eigenvalue weighted by molar-refractivity contribution is 7.91. The average molecular weight is 578 g/mol. The Morgan fingerprint density at radius 2 is 1.65 bits per heavy atom. The highest BCUT2D eigenvalue weighted by Gasteiger charge is 2.47. The first-order valence-corrected chi connectivity index (χ1v) is 16.1. The third-order valence-electron chi connectivity index (χ3n) is 8.50. The molecule has 1 aromatic heterocycles.